The molecule has 1 aliphatic rings. The van der Waals surface area contributed by atoms with Crippen molar-refractivity contribution in [1.82, 2.24) is 5.32 Å². The molecule has 0 heterocycles. The summed E-state index contributed by atoms with van der Waals surface area (Å²) in [5, 5.41) is 3.20. The lowest BCUT2D eigenvalue weighted by Gasteiger charge is -2.25. The van der Waals surface area contributed by atoms with E-state index >= 15 is 0 Å². The zero-order valence-corrected chi connectivity index (χ0v) is 12.9. The molecule has 1 aliphatic carbocycles. The van der Waals surface area contributed by atoms with Crippen LogP contribution in [-0.4, -0.2) is 12.5 Å². The highest BCUT2D eigenvalue weighted by atomic mass is 35.5. The molecule has 0 saturated carbocycles. The molecule has 0 bridgehead atoms. The fourth-order valence-electron chi connectivity index (χ4n) is 3.05. The minimum atomic E-state index is -0.550. The standard InChI is InChI=1S/C18H17ClFNO/c19-14-8-9-17(20)16(10-14)18(22)21-11-13-6-3-5-12-4-1-2-7-15(12)13/h1-2,4,7-10,13H,3,5-6,11H2,(H,21,22). The van der Waals surface area contributed by atoms with Gasteiger partial charge in [-0.3, -0.25) is 4.79 Å². The van der Waals surface area contributed by atoms with Crippen LogP contribution in [0.15, 0.2) is 42.5 Å². The van der Waals surface area contributed by atoms with E-state index in [0.717, 1.165) is 19.3 Å². The zero-order valence-electron chi connectivity index (χ0n) is 12.1. The number of halogens is 2. The van der Waals surface area contributed by atoms with E-state index in [4.69, 9.17) is 11.6 Å². The van der Waals surface area contributed by atoms with Crippen LogP contribution in [0.4, 0.5) is 4.39 Å². The molecular weight excluding hydrogens is 301 g/mol. The van der Waals surface area contributed by atoms with E-state index in [1.165, 1.54) is 29.3 Å². The Hall–Kier alpha value is -1.87. The van der Waals surface area contributed by atoms with E-state index in [9.17, 15) is 9.18 Å². The molecule has 0 radical (unpaired) electrons. The van der Waals surface area contributed by atoms with Crippen molar-refractivity contribution < 1.29 is 9.18 Å². The Labute approximate surface area is 134 Å². The molecular formula is C18H17ClFNO. The summed E-state index contributed by atoms with van der Waals surface area (Å²) in [5.41, 5.74) is 2.64. The van der Waals surface area contributed by atoms with Gasteiger partial charge in [-0.15, -0.1) is 0 Å². The summed E-state index contributed by atoms with van der Waals surface area (Å²) in [7, 11) is 0. The largest absolute Gasteiger partial charge is 0.351 e. The van der Waals surface area contributed by atoms with Gasteiger partial charge in [-0.05, 0) is 48.6 Å². The first kappa shape index (κ1) is 15.0. The molecule has 1 atom stereocenters. The van der Waals surface area contributed by atoms with Gasteiger partial charge in [0.25, 0.3) is 5.91 Å². The van der Waals surface area contributed by atoms with Crippen molar-refractivity contribution in [3.05, 3.63) is 70.0 Å². The highest BCUT2D eigenvalue weighted by Crippen LogP contribution is 2.30. The van der Waals surface area contributed by atoms with E-state index < -0.39 is 11.7 Å². The third-order valence-electron chi connectivity index (χ3n) is 4.18. The minimum absolute atomic E-state index is 0.00315. The Morgan fingerprint density at radius 3 is 2.95 bits per heavy atom. The number of carbonyl (C=O) groups excluding carboxylic acids is 1. The number of hydrogen-bond donors (Lipinski definition) is 1. The smallest absolute Gasteiger partial charge is 0.254 e. The molecule has 114 valence electrons. The van der Waals surface area contributed by atoms with Gasteiger partial charge in [0.1, 0.15) is 5.82 Å². The van der Waals surface area contributed by atoms with Crippen LogP contribution in [0.3, 0.4) is 0 Å². The van der Waals surface area contributed by atoms with Gasteiger partial charge in [0.05, 0.1) is 5.56 Å². The summed E-state index contributed by atoms with van der Waals surface area (Å²) in [5.74, 6) is -0.676. The Morgan fingerprint density at radius 2 is 2.09 bits per heavy atom. The highest BCUT2D eigenvalue weighted by Gasteiger charge is 2.21. The number of fused-ring (bicyclic) bond motifs is 1. The van der Waals surface area contributed by atoms with Crippen molar-refractivity contribution in [3.63, 3.8) is 0 Å². The van der Waals surface area contributed by atoms with Crippen molar-refractivity contribution in [1.29, 1.82) is 0 Å². The molecule has 22 heavy (non-hydrogen) atoms. The average molecular weight is 318 g/mol. The number of aryl methyl sites for hydroxylation is 1. The van der Waals surface area contributed by atoms with Crippen molar-refractivity contribution in [2.45, 2.75) is 25.2 Å². The Balaban J connectivity index is 1.71. The molecule has 3 rings (SSSR count). The molecule has 1 amide bonds. The molecule has 2 aromatic carbocycles. The van der Waals surface area contributed by atoms with Gasteiger partial charge in [0, 0.05) is 17.5 Å². The van der Waals surface area contributed by atoms with Crippen LogP contribution in [0.25, 0.3) is 0 Å². The monoisotopic (exact) mass is 317 g/mol. The van der Waals surface area contributed by atoms with Gasteiger partial charge >= 0.3 is 0 Å². The Kier molecular flexibility index (Phi) is 4.44. The van der Waals surface area contributed by atoms with Gasteiger partial charge in [-0.1, -0.05) is 35.9 Å². The summed E-state index contributed by atoms with van der Waals surface area (Å²) < 4.78 is 13.7. The maximum absolute atomic E-state index is 13.7. The quantitative estimate of drug-likeness (QED) is 0.897. The topological polar surface area (TPSA) is 29.1 Å². The Bertz CT molecular complexity index is 701. The minimum Gasteiger partial charge on any atom is -0.351 e. The summed E-state index contributed by atoms with van der Waals surface area (Å²) in [4.78, 5) is 12.2. The number of benzene rings is 2. The molecule has 0 fully saturated rings. The SMILES string of the molecule is O=C(NCC1CCCc2ccccc21)c1cc(Cl)ccc1F. The average Bonchev–Trinajstić information content (AvgIpc) is 2.54. The molecule has 0 saturated heterocycles. The molecule has 1 unspecified atom stereocenters. The second kappa shape index (κ2) is 6.49. The van der Waals surface area contributed by atoms with E-state index in [-0.39, 0.29) is 11.5 Å². The maximum atomic E-state index is 13.7. The molecule has 0 aromatic heterocycles. The predicted octanol–water partition coefficient (Wildman–Crippen LogP) is 4.33. The van der Waals surface area contributed by atoms with Crippen LogP contribution >= 0.6 is 11.6 Å². The molecule has 0 aliphatic heterocycles. The predicted molar refractivity (Wildman–Crippen MR) is 85.9 cm³/mol. The van der Waals surface area contributed by atoms with E-state index in [0.29, 0.717) is 11.6 Å². The van der Waals surface area contributed by atoms with E-state index in [1.54, 1.807) is 0 Å². The summed E-state index contributed by atoms with van der Waals surface area (Å²) >= 11 is 5.83. The summed E-state index contributed by atoms with van der Waals surface area (Å²) in [6.45, 7) is 0.516. The van der Waals surface area contributed by atoms with Crippen LogP contribution in [0.5, 0.6) is 0 Å². The summed E-state index contributed by atoms with van der Waals surface area (Å²) in [6, 6.07) is 12.3. The van der Waals surface area contributed by atoms with Gasteiger partial charge < -0.3 is 5.32 Å². The van der Waals surface area contributed by atoms with Gasteiger partial charge in [-0.2, -0.15) is 0 Å². The van der Waals surface area contributed by atoms with Gasteiger partial charge in [0.2, 0.25) is 0 Å². The molecule has 2 aromatic rings. The molecule has 1 N–H and O–H groups in total. The lowest BCUT2D eigenvalue weighted by Crippen LogP contribution is -2.30. The fraction of sp³-hybridized carbons (Fsp3) is 0.278. The molecule has 4 heteroatoms. The van der Waals surface area contributed by atoms with Gasteiger partial charge in [-0.25, -0.2) is 4.39 Å². The number of carbonyl (C=O) groups is 1. The number of rotatable bonds is 3. The van der Waals surface area contributed by atoms with Crippen LogP contribution in [0, 0.1) is 5.82 Å². The van der Waals surface area contributed by atoms with Gasteiger partial charge in [0.15, 0.2) is 0 Å². The van der Waals surface area contributed by atoms with Crippen LogP contribution in [-0.2, 0) is 6.42 Å². The first-order valence-electron chi connectivity index (χ1n) is 7.46. The van der Waals surface area contributed by atoms with Crippen molar-refractivity contribution in [3.8, 4) is 0 Å². The maximum Gasteiger partial charge on any atom is 0.254 e. The number of nitrogens with one attached hydrogen (secondary N) is 1. The Morgan fingerprint density at radius 1 is 1.27 bits per heavy atom. The van der Waals surface area contributed by atoms with Crippen LogP contribution in [0.1, 0.15) is 40.2 Å². The van der Waals surface area contributed by atoms with Crippen molar-refractivity contribution in [2.24, 2.45) is 0 Å². The third-order valence-corrected chi connectivity index (χ3v) is 4.41. The first-order chi connectivity index (χ1) is 10.6. The zero-order chi connectivity index (χ0) is 15.5. The van der Waals surface area contributed by atoms with E-state index in [1.807, 2.05) is 12.1 Å². The van der Waals surface area contributed by atoms with Crippen LogP contribution < -0.4 is 5.32 Å². The van der Waals surface area contributed by atoms with Crippen molar-refractivity contribution in [2.75, 3.05) is 6.54 Å². The van der Waals surface area contributed by atoms with Crippen LogP contribution in [0.2, 0.25) is 5.02 Å². The third kappa shape index (κ3) is 3.14. The highest BCUT2D eigenvalue weighted by molar-refractivity contribution is 6.31. The number of hydrogen-bond acceptors (Lipinski definition) is 1. The lowest BCUT2D eigenvalue weighted by molar-refractivity contribution is 0.0946. The lowest BCUT2D eigenvalue weighted by atomic mass is 9.83. The normalized spacial score (nSPS) is 16.9. The second-order valence-corrected chi connectivity index (χ2v) is 6.06. The molecule has 2 nitrogen and oxygen atoms in total. The second-order valence-electron chi connectivity index (χ2n) is 5.62. The first-order valence-corrected chi connectivity index (χ1v) is 7.84. The van der Waals surface area contributed by atoms with E-state index in [2.05, 4.69) is 17.4 Å². The van der Waals surface area contributed by atoms with Crippen molar-refractivity contribution >= 4 is 17.5 Å². The number of amides is 1. The summed E-state index contributed by atoms with van der Waals surface area (Å²) in [6.07, 6.45) is 3.24. The fourth-order valence-corrected chi connectivity index (χ4v) is 3.22. The molecule has 0 spiro atoms.